The first kappa shape index (κ1) is 14.8. The predicted molar refractivity (Wildman–Crippen MR) is 96.5 cm³/mol. The molecule has 0 amide bonds. The first-order valence-corrected chi connectivity index (χ1v) is 8.38. The van der Waals surface area contributed by atoms with E-state index in [-0.39, 0.29) is 0 Å². The minimum absolute atomic E-state index is 0.742. The monoisotopic (exact) mass is 319 g/mol. The van der Waals surface area contributed by atoms with Crippen LogP contribution in [0.4, 0.5) is 5.69 Å². The lowest BCUT2D eigenvalue weighted by atomic mass is 10.1. The third-order valence-electron chi connectivity index (χ3n) is 4.43. The number of aryl methyl sites for hydroxylation is 2. The van der Waals surface area contributed by atoms with Gasteiger partial charge in [0, 0.05) is 54.9 Å². The summed E-state index contributed by atoms with van der Waals surface area (Å²) in [7, 11) is 0. The van der Waals surface area contributed by atoms with E-state index in [1.807, 2.05) is 12.4 Å². The van der Waals surface area contributed by atoms with Gasteiger partial charge in [-0.3, -0.25) is 0 Å². The zero-order valence-electron chi connectivity index (χ0n) is 13.7. The lowest BCUT2D eigenvalue weighted by Crippen LogP contribution is -2.08. The number of hydrogen-bond donors (Lipinski definition) is 1. The number of imidazole rings is 1. The number of fused-ring (bicyclic) bond motifs is 1. The summed E-state index contributed by atoms with van der Waals surface area (Å²) in [4.78, 5) is 4.78. The molecule has 0 fully saturated rings. The summed E-state index contributed by atoms with van der Waals surface area (Å²) in [5.41, 5.74) is 4.46. The molecular formula is C19H21N5. The molecule has 0 saturated heterocycles. The summed E-state index contributed by atoms with van der Waals surface area (Å²) in [5, 5.41) is 7.59. The molecule has 0 unspecified atom stereocenters. The maximum Gasteiger partial charge on any atom is 0.109 e. The van der Waals surface area contributed by atoms with E-state index in [0.29, 0.717) is 0 Å². The fourth-order valence-electron chi connectivity index (χ4n) is 3.08. The topological polar surface area (TPSA) is 47.7 Å². The Hall–Kier alpha value is -2.82. The van der Waals surface area contributed by atoms with E-state index in [4.69, 9.17) is 4.98 Å². The molecule has 0 aliphatic carbocycles. The fourth-order valence-corrected chi connectivity index (χ4v) is 3.08. The van der Waals surface area contributed by atoms with Crippen molar-refractivity contribution < 1.29 is 0 Å². The second kappa shape index (κ2) is 6.35. The Kier molecular flexibility index (Phi) is 3.91. The van der Waals surface area contributed by atoms with Crippen LogP contribution in [0.15, 0.2) is 49.4 Å². The largest absolute Gasteiger partial charge is 0.381 e. The molecule has 5 nitrogen and oxygen atoms in total. The van der Waals surface area contributed by atoms with Crippen molar-refractivity contribution in [3.8, 4) is 11.3 Å². The van der Waals surface area contributed by atoms with Crippen LogP contribution in [0.1, 0.15) is 24.2 Å². The van der Waals surface area contributed by atoms with Crippen LogP contribution >= 0.6 is 0 Å². The number of aromatic nitrogens is 4. The molecule has 0 bridgehead atoms. The minimum Gasteiger partial charge on any atom is -0.381 e. The zero-order chi connectivity index (χ0) is 16.4. The summed E-state index contributed by atoms with van der Waals surface area (Å²) in [6.45, 7) is 5.54. The van der Waals surface area contributed by atoms with Crippen LogP contribution in [0.3, 0.4) is 0 Å². The second-order valence-electron chi connectivity index (χ2n) is 6.13. The van der Waals surface area contributed by atoms with Crippen LogP contribution in [0, 0.1) is 0 Å². The summed E-state index contributed by atoms with van der Waals surface area (Å²) in [6.07, 6.45) is 11.3. The van der Waals surface area contributed by atoms with E-state index in [9.17, 15) is 0 Å². The van der Waals surface area contributed by atoms with Gasteiger partial charge in [-0.05, 0) is 25.0 Å². The van der Waals surface area contributed by atoms with Crippen molar-refractivity contribution in [3.63, 3.8) is 0 Å². The summed E-state index contributed by atoms with van der Waals surface area (Å²) in [5.74, 6) is 1.22. The average Bonchev–Trinajstić information content (AvgIpc) is 3.27. The Morgan fingerprint density at radius 1 is 1.17 bits per heavy atom. The Bertz CT molecular complexity index is 818. The van der Waals surface area contributed by atoms with Gasteiger partial charge in [0.15, 0.2) is 0 Å². The molecule has 3 aromatic rings. The van der Waals surface area contributed by atoms with E-state index in [1.165, 1.54) is 24.2 Å². The van der Waals surface area contributed by atoms with Gasteiger partial charge in [0.25, 0.3) is 0 Å². The highest BCUT2D eigenvalue weighted by atomic mass is 15.2. The molecule has 1 aromatic carbocycles. The predicted octanol–water partition coefficient (Wildman–Crippen LogP) is 3.80. The highest BCUT2D eigenvalue weighted by molar-refractivity contribution is 5.62. The SMILES string of the molecule is C=Cn1cc(CNc2ccc(-c3cn4c(n3)CCCC4)cc2)cn1. The van der Waals surface area contributed by atoms with Crippen molar-refractivity contribution in [2.45, 2.75) is 32.4 Å². The van der Waals surface area contributed by atoms with Gasteiger partial charge in [0.05, 0.1) is 11.9 Å². The van der Waals surface area contributed by atoms with Crippen molar-refractivity contribution >= 4 is 11.9 Å². The zero-order valence-corrected chi connectivity index (χ0v) is 13.7. The summed E-state index contributed by atoms with van der Waals surface area (Å²) in [6, 6.07) is 8.46. The number of rotatable bonds is 5. The fraction of sp³-hybridized carbons (Fsp3) is 0.263. The van der Waals surface area contributed by atoms with Crippen LogP contribution < -0.4 is 5.32 Å². The standard InChI is InChI=1S/C19H21N5/c1-2-24-13-15(12-21-24)11-20-17-8-6-16(7-9-17)18-14-23-10-4-3-5-19(23)22-18/h2,6-9,12-14,20H,1,3-5,10-11H2. The van der Waals surface area contributed by atoms with Crippen LogP contribution in [-0.4, -0.2) is 19.3 Å². The average molecular weight is 319 g/mol. The Labute approximate surface area is 141 Å². The third kappa shape index (κ3) is 2.97. The molecule has 24 heavy (non-hydrogen) atoms. The van der Waals surface area contributed by atoms with Crippen molar-refractivity contribution in [3.05, 3.63) is 60.8 Å². The Morgan fingerprint density at radius 3 is 2.79 bits per heavy atom. The van der Waals surface area contributed by atoms with Gasteiger partial charge >= 0.3 is 0 Å². The highest BCUT2D eigenvalue weighted by Crippen LogP contribution is 2.24. The molecule has 0 spiro atoms. The van der Waals surface area contributed by atoms with Crippen LogP contribution in [0.25, 0.3) is 17.5 Å². The van der Waals surface area contributed by atoms with Gasteiger partial charge in [-0.1, -0.05) is 18.7 Å². The van der Waals surface area contributed by atoms with Crippen LogP contribution in [0.5, 0.6) is 0 Å². The molecule has 2 aromatic heterocycles. The molecule has 4 rings (SSSR count). The van der Waals surface area contributed by atoms with Crippen molar-refractivity contribution in [1.29, 1.82) is 0 Å². The van der Waals surface area contributed by atoms with Crippen LogP contribution in [-0.2, 0) is 19.5 Å². The normalized spacial score (nSPS) is 13.5. The molecule has 1 aliphatic rings. The summed E-state index contributed by atoms with van der Waals surface area (Å²) < 4.78 is 4.00. The van der Waals surface area contributed by atoms with E-state index in [2.05, 4.69) is 52.0 Å². The molecule has 122 valence electrons. The number of benzene rings is 1. The van der Waals surface area contributed by atoms with Crippen LogP contribution in [0.2, 0.25) is 0 Å². The lowest BCUT2D eigenvalue weighted by molar-refractivity contribution is 0.522. The summed E-state index contributed by atoms with van der Waals surface area (Å²) >= 11 is 0. The van der Waals surface area contributed by atoms with Gasteiger partial charge in [0.1, 0.15) is 5.82 Å². The quantitative estimate of drug-likeness (QED) is 0.778. The maximum atomic E-state index is 4.78. The molecular weight excluding hydrogens is 298 g/mol. The Morgan fingerprint density at radius 2 is 2.04 bits per heavy atom. The number of anilines is 1. The smallest absolute Gasteiger partial charge is 0.109 e. The van der Waals surface area contributed by atoms with Gasteiger partial charge in [-0.2, -0.15) is 5.10 Å². The number of nitrogens with zero attached hydrogens (tertiary/aromatic N) is 4. The Balaban J connectivity index is 1.44. The van der Waals surface area contributed by atoms with Gasteiger partial charge in [-0.25, -0.2) is 9.67 Å². The third-order valence-corrected chi connectivity index (χ3v) is 4.43. The van der Waals surface area contributed by atoms with Gasteiger partial charge in [-0.15, -0.1) is 0 Å². The van der Waals surface area contributed by atoms with Gasteiger partial charge < -0.3 is 9.88 Å². The number of hydrogen-bond acceptors (Lipinski definition) is 3. The van der Waals surface area contributed by atoms with Crippen molar-refractivity contribution in [2.24, 2.45) is 0 Å². The van der Waals surface area contributed by atoms with Crippen molar-refractivity contribution in [1.82, 2.24) is 19.3 Å². The molecule has 0 atom stereocenters. The molecule has 1 aliphatic heterocycles. The van der Waals surface area contributed by atoms with E-state index >= 15 is 0 Å². The van der Waals surface area contributed by atoms with Gasteiger partial charge in [0.2, 0.25) is 0 Å². The highest BCUT2D eigenvalue weighted by Gasteiger charge is 2.13. The molecule has 0 saturated carbocycles. The van der Waals surface area contributed by atoms with E-state index < -0.39 is 0 Å². The molecule has 5 heteroatoms. The first-order chi connectivity index (χ1) is 11.8. The van der Waals surface area contributed by atoms with E-state index in [0.717, 1.165) is 36.5 Å². The molecule has 3 heterocycles. The molecule has 0 radical (unpaired) electrons. The van der Waals surface area contributed by atoms with Crippen molar-refractivity contribution in [2.75, 3.05) is 5.32 Å². The maximum absolute atomic E-state index is 4.78. The first-order valence-electron chi connectivity index (χ1n) is 8.38. The van der Waals surface area contributed by atoms with E-state index in [1.54, 1.807) is 10.9 Å². The minimum atomic E-state index is 0.742. The second-order valence-corrected chi connectivity index (χ2v) is 6.13. The molecule has 1 N–H and O–H groups in total. The number of nitrogens with one attached hydrogen (secondary N) is 1. The lowest BCUT2D eigenvalue weighted by Gasteiger charge is -2.11.